The van der Waals surface area contributed by atoms with Crippen LogP contribution in [0.5, 0.6) is 5.75 Å². The van der Waals surface area contributed by atoms with Crippen molar-refractivity contribution in [3.8, 4) is 5.75 Å². The summed E-state index contributed by atoms with van der Waals surface area (Å²) in [5.41, 5.74) is 3.43. The molecule has 0 unspecified atom stereocenters. The number of ether oxygens (including phenoxy) is 1. The van der Waals surface area contributed by atoms with Gasteiger partial charge in [-0.15, -0.1) is 0 Å². The average molecular weight is 1310 g/mol. The molecule has 0 aromatic heterocycles. The summed E-state index contributed by atoms with van der Waals surface area (Å²) in [5, 5.41) is 34.8. The maximum Gasteiger partial charge on any atom is 0.326 e. The molecule has 0 bridgehead atoms. The fourth-order valence-electron chi connectivity index (χ4n) is 10.8. The van der Waals surface area contributed by atoms with Gasteiger partial charge in [0, 0.05) is 66.9 Å². The second kappa shape index (κ2) is 28.9. The number of aliphatic carboxylic acids is 3. The molecule has 26 nitrogen and oxygen atoms in total. The number of urea groups is 1. The third kappa shape index (κ3) is 18.6. The molecule has 10 N–H and O–H groups in total. The van der Waals surface area contributed by atoms with Gasteiger partial charge in [-0.1, -0.05) is 19.9 Å². The third-order valence-electron chi connectivity index (χ3n) is 15.4. The van der Waals surface area contributed by atoms with Gasteiger partial charge in [-0.3, -0.25) is 27.8 Å². The number of carboxylic acids is 3. The van der Waals surface area contributed by atoms with Crippen molar-refractivity contribution in [3.63, 3.8) is 0 Å². The van der Waals surface area contributed by atoms with Gasteiger partial charge in [-0.05, 0) is 168 Å². The van der Waals surface area contributed by atoms with E-state index in [-0.39, 0.29) is 65.1 Å². The van der Waals surface area contributed by atoms with Gasteiger partial charge in [0.2, 0.25) is 11.6 Å². The van der Waals surface area contributed by atoms with E-state index in [1.807, 2.05) is 61.5 Å². The Bertz CT molecular complexity index is 3810. The Balaban J connectivity index is 1.25. The third-order valence-corrected chi connectivity index (χ3v) is 18.8. The molecular weight excluding hydrogens is 1230 g/mol. The average Bonchev–Trinajstić information content (AvgIpc) is 2.00. The Morgan fingerprint density at radius 3 is 1.85 bits per heavy atom. The molecule has 88 heavy (non-hydrogen) atoms. The molecule has 0 saturated carbocycles. The van der Waals surface area contributed by atoms with Crippen molar-refractivity contribution in [2.24, 2.45) is 0 Å². The zero-order valence-corrected chi connectivity index (χ0v) is 52.1. The van der Waals surface area contributed by atoms with Gasteiger partial charge < -0.3 is 40.9 Å². The number of unbranched alkanes of at least 4 members (excludes halogenated alkanes) is 4. The molecule has 3 amide bonds. The highest BCUT2D eigenvalue weighted by molar-refractivity contribution is 7.86. The van der Waals surface area contributed by atoms with E-state index in [2.05, 4.69) is 16.0 Å². The number of hydrogen-bond donors (Lipinski definition) is 10. The summed E-state index contributed by atoms with van der Waals surface area (Å²) in [4.78, 5) is 60.3. The van der Waals surface area contributed by atoms with Crippen LogP contribution in [0.15, 0.2) is 122 Å². The highest BCUT2D eigenvalue weighted by Gasteiger charge is 2.45. The van der Waals surface area contributed by atoms with Gasteiger partial charge >= 0.3 is 23.9 Å². The number of fused-ring (bicyclic) bond motifs is 2. The molecule has 0 saturated heterocycles. The van der Waals surface area contributed by atoms with E-state index in [0.717, 1.165) is 5.71 Å². The van der Waals surface area contributed by atoms with Gasteiger partial charge in [-0.2, -0.15) is 38.2 Å². The molecule has 0 spiro atoms. The van der Waals surface area contributed by atoms with Crippen LogP contribution in [0.25, 0.3) is 0 Å². The standard InChI is InChI=1S/C58H73N5O21S4/c1-57(2)43-35-41(87(78,79)80)23-26-47(43)62(32-9-5-6-16-51(64)59-31-8-7-15-45(54(67)68)60-56(71)61-46(55(69)70)25-30-52(65)66)49(57)28-17-37-13-12-14-38(53(37)84-39-19-21-40(22-20-39)86(75,76)77)18-29-50-58(3,4)44-36-42(88(81,82)83)24-27-48(44)63(50)33-10-11-34-85(72,73)74/h17-24,26-29,35-36,45-46H,5-16,25,30-34H2,1-4H3,(H9-,59,60,61,64,65,66,67,68,69,70,71,72,73,74,75,76,77,78,79,80,81,82,83)/p+1/t45-,46-/m0/s1. The lowest BCUT2D eigenvalue weighted by Crippen LogP contribution is -2.51. The molecule has 6 rings (SSSR count). The van der Waals surface area contributed by atoms with Crippen LogP contribution in [0.3, 0.4) is 0 Å². The van der Waals surface area contributed by atoms with Crippen LogP contribution >= 0.6 is 0 Å². The summed E-state index contributed by atoms with van der Waals surface area (Å²) in [6, 6.07) is 9.63. The van der Waals surface area contributed by atoms with Crippen molar-refractivity contribution in [2.45, 2.75) is 155 Å². The number of carbonyl (C=O) groups is 5. The predicted molar refractivity (Wildman–Crippen MR) is 321 cm³/mol. The van der Waals surface area contributed by atoms with E-state index in [1.54, 1.807) is 12.1 Å². The predicted octanol–water partition coefficient (Wildman–Crippen LogP) is 7.07. The van der Waals surface area contributed by atoms with E-state index in [4.69, 9.17) is 9.84 Å². The lowest BCUT2D eigenvalue weighted by atomic mass is 9.81. The highest BCUT2D eigenvalue weighted by Crippen LogP contribution is 2.49. The fourth-order valence-corrected chi connectivity index (χ4v) is 12.9. The molecule has 2 heterocycles. The van der Waals surface area contributed by atoms with Crippen LogP contribution in [0.4, 0.5) is 16.2 Å². The molecule has 0 radical (unpaired) electrons. The molecule has 1 aliphatic carbocycles. The van der Waals surface area contributed by atoms with Crippen LogP contribution in [0.1, 0.15) is 129 Å². The van der Waals surface area contributed by atoms with Crippen molar-refractivity contribution in [1.82, 2.24) is 16.0 Å². The summed E-state index contributed by atoms with van der Waals surface area (Å²) in [6.45, 7) is 8.38. The summed E-state index contributed by atoms with van der Waals surface area (Å²) in [5.74, 6) is -4.29. The second-order valence-electron chi connectivity index (χ2n) is 22.6. The van der Waals surface area contributed by atoms with Gasteiger partial charge in [0.15, 0.2) is 5.71 Å². The first-order chi connectivity index (χ1) is 41.0. The molecule has 3 aromatic rings. The number of carbonyl (C=O) groups excluding carboxylic acids is 2. The summed E-state index contributed by atoms with van der Waals surface area (Å²) >= 11 is 0. The number of nitrogens with one attached hydrogen (secondary N) is 3. The largest absolute Gasteiger partial charge is 0.481 e. The SMILES string of the molecule is CC1(C)C(/C=C/C2=C(Oc3ccc(S(=O)(=O)O)cc3)C(=C/C=C3/N(CCCCS(=O)(=O)O)c4ccc(S(=O)(=O)O)cc4C3(C)C)/CCC2)=[N+](CCCCCC(=O)NCCCC[C@H](NC(=O)N[C@@H](CCC(=O)O)C(=O)O)C(=O)O)c2ccc(S(=O)(=O)O)cc21. The molecule has 3 aliphatic rings. The summed E-state index contributed by atoms with van der Waals surface area (Å²) < 4.78 is 145. The van der Waals surface area contributed by atoms with Gasteiger partial charge in [0.25, 0.3) is 40.5 Å². The molecule has 0 fully saturated rings. The van der Waals surface area contributed by atoms with Crippen molar-refractivity contribution < 1.29 is 100 Å². The number of anilines is 1. The van der Waals surface area contributed by atoms with Crippen LogP contribution in [-0.4, -0.2) is 145 Å². The van der Waals surface area contributed by atoms with E-state index < -0.39 is 106 Å². The Morgan fingerprint density at radius 1 is 0.648 bits per heavy atom. The number of carboxylic acid groups (broad SMARTS) is 3. The number of rotatable bonds is 31. The molecule has 480 valence electrons. The second-order valence-corrected chi connectivity index (χ2v) is 28.4. The van der Waals surface area contributed by atoms with Crippen molar-refractivity contribution in [2.75, 3.05) is 30.3 Å². The summed E-state index contributed by atoms with van der Waals surface area (Å²) in [6.07, 6.45) is 10.8. The minimum Gasteiger partial charge on any atom is -0.481 e. The molecule has 2 atom stereocenters. The number of benzene rings is 3. The zero-order valence-electron chi connectivity index (χ0n) is 48.8. The lowest BCUT2D eigenvalue weighted by molar-refractivity contribution is -0.438. The topological polar surface area (TPSA) is 415 Å². The van der Waals surface area contributed by atoms with Crippen molar-refractivity contribution in [3.05, 3.63) is 119 Å². The Labute approximate surface area is 511 Å². The quantitative estimate of drug-likeness (QED) is 0.0175. The molecular formula is C58H74N5O21S4+. The van der Waals surface area contributed by atoms with Crippen molar-refractivity contribution >= 4 is 87.4 Å². The fraction of sp³-hybridized carbons (Fsp3) is 0.448. The smallest absolute Gasteiger partial charge is 0.326 e. The minimum absolute atomic E-state index is 0.0526. The van der Waals surface area contributed by atoms with Crippen LogP contribution in [0.2, 0.25) is 0 Å². The lowest BCUT2D eigenvalue weighted by Gasteiger charge is -2.27. The monoisotopic (exact) mass is 1300 g/mol. The number of amides is 3. The first-order valence-corrected chi connectivity index (χ1v) is 34.1. The number of allylic oxidation sites excluding steroid dienone is 7. The Kier molecular flexibility index (Phi) is 22.9. The van der Waals surface area contributed by atoms with Gasteiger partial charge in [0.1, 0.15) is 30.1 Å². The van der Waals surface area contributed by atoms with E-state index in [1.165, 1.54) is 48.5 Å². The molecule has 3 aromatic carbocycles. The first kappa shape index (κ1) is 69.8. The molecule has 30 heteroatoms. The van der Waals surface area contributed by atoms with Gasteiger partial charge in [0.05, 0.1) is 25.9 Å². The summed E-state index contributed by atoms with van der Waals surface area (Å²) in [7, 11) is -18.1. The molecule has 2 aliphatic heterocycles. The zero-order chi connectivity index (χ0) is 65.2. The van der Waals surface area contributed by atoms with E-state index in [0.29, 0.717) is 103 Å². The van der Waals surface area contributed by atoms with Crippen LogP contribution < -0.4 is 25.6 Å². The van der Waals surface area contributed by atoms with E-state index >= 15 is 0 Å². The number of hydrogen-bond acceptors (Lipinski definition) is 15. The first-order valence-electron chi connectivity index (χ1n) is 28.2. The van der Waals surface area contributed by atoms with E-state index in [9.17, 15) is 86.1 Å². The van der Waals surface area contributed by atoms with Crippen LogP contribution in [-0.2, 0) is 70.5 Å². The normalized spacial score (nSPS) is 17.4. The minimum atomic E-state index is -4.62. The maximum atomic E-state index is 12.9. The number of nitrogens with zero attached hydrogens (tertiary/aromatic N) is 2. The van der Waals surface area contributed by atoms with Crippen LogP contribution in [0, 0.1) is 0 Å². The van der Waals surface area contributed by atoms with Crippen molar-refractivity contribution in [1.29, 1.82) is 0 Å². The highest BCUT2D eigenvalue weighted by atomic mass is 32.2. The Hall–Kier alpha value is -7.32. The van der Waals surface area contributed by atoms with Gasteiger partial charge in [-0.25, -0.2) is 14.4 Å². The Morgan fingerprint density at radius 2 is 1.25 bits per heavy atom. The maximum absolute atomic E-state index is 12.9.